The molecule has 100 valence electrons. The van der Waals surface area contributed by atoms with E-state index in [1.54, 1.807) is 12.1 Å². The number of aldehydes is 1. The van der Waals surface area contributed by atoms with Gasteiger partial charge in [-0.05, 0) is 42.2 Å². The van der Waals surface area contributed by atoms with Crippen molar-refractivity contribution in [3.05, 3.63) is 46.2 Å². The van der Waals surface area contributed by atoms with Crippen LogP contribution in [0.2, 0.25) is 5.02 Å². The van der Waals surface area contributed by atoms with Gasteiger partial charge in [-0.25, -0.2) is 0 Å². The van der Waals surface area contributed by atoms with Crippen molar-refractivity contribution in [1.29, 1.82) is 0 Å². The van der Waals surface area contributed by atoms with Crippen LogP contribution in [0.4, 0.5) is 0 Å². The summed E-state index contributed by atoms with van der Waals surface area (Å²) in [5.41, 5.74) is 1.93. The van der Waals surface area contributed by atoms with E-state index in [1.807, 2.05) is 19.1 Å². The molecule has 0 amide bonds. The Morgan fingerprint density at radius 3 is 2.63 bits per heavy atom. The second kappa shape index (κ2) is 5.49. The van der Waals surface area contributed by atoms with Gasteiger partial charge in [-0.1, -0.05) is 25.4 Å². The molecule has 1 aromatic heterocycles. The van der Waals surface area contributed by atoms with E-state index >= 15 is 0 Å². The summed E-state index contributed by atoms with van der Waals surface area (Å²) in [6, 6.07) is 6.96. The van der Waals surface area contributed by atoms with E-state index in [-0.39, 0.29) is 5.76 Å². The summed E-state index contributed by atoms with van der Waals surface area (Å²) in [5.74, 6) is 1.52. The molecular formula is C15H15ClO3. The Bertz CT molecular complexity index is 599. The first-order chi connectivity index (χ1) is 9.01. The third-order valence-electron chi connectivity index (χ3n) is 2.85. The lowest BCUT2D eigenvalue weighted by atomic mass is 10.0. The van der Waals surface area contributed by atoms with Gasteiger partial charge in [0.1, 0.15) is 5.75 Å². The van der Waals surface area contributed by atoms with Crippen LogP contribution in [0.3, 0.4) is 0 Å². The maximum Gasteiger partial charge on any atom is 0.290 e. The number of aryl methyl sites for hydroxylation is 1. The van der Waals surface area contributed by atoms with Crippen molar-refractivity contribution < 1.29 is 13.9 Å². The van der Waals surface area contributed by atoms with Crippen LogP contribution in [0.1, 0.15) is 41.4 Å². The Morgan fingerprint density at radius 2 is 2.05 bits per heavy atom. The monoisotopic (exact) mass is 278 g/mol. The van der Waals surface area contributed by atoms with Crippen LogP contribution in [0.15, 0.2) is 28.7 Å². The van der Waals surface area contributed by atoms with Crippen molar-refractivity contribution in [2.24, 2.45) is 0 Å². The molecule has 1 aromatic carbocycles. The molecule has 0 fully saturated rings. The van der Waals surface area contributed by atoms with Gasteiger partial charge >= 0.3 is 0 Å². The van der Waals surface area contributed by atoms with Crippen molar-refractivity contribution in [2.45, 2.75) is 26.7 Å². The van der Waals surface area contributed by atoms with Crippen LogP contribution < -0.4 is 4.74 Å². The Kier molecular flexibility index (Phi) is 3.96. The predicted octanol–water partition coefficient (Wildman–Crippen LogP) is 4.97. The summed E-state index contributed by atoms with van der Waals surface area (Å²) in [6.45, 7) is 6.05. The van der Waals surface area contributed by atoms with Gasteiger partial charge in [-0.15, -0.1) is 0 Å². The number of benzene rings is 1. The number of ether oxygens (including phenoxy) is 1. The number of rotatable bonds is 4. The molecule has 0 aliphatic rings. The first-order valence-electron chi connectivity index (χ1n) is 6.04. The molecule has 19 heavy (non-hydrogen) atoms. The Hall–Kier alpha value is -1.74. The van der Waals surface area contributed by atoms with E-state index in [0.717, 1.165) is 16.1 Å². The molecule has 0 saturated heterocycles. The lowest BCUT2D eigenvalue weighted by Crippen LogP contribution is -1.93. The molecule has 0 N–H and O–H groups in total. The van der Waals surface area contributed by atoms with E-state index in [4.69, 9.17) is 20.8 Å². The van der Waals surface area contributed by atoms with Gasteiger partial charge in [0.05, 0.1) is 0 Å². The van der Waals surface area contributed by atoms with Crippen molar-refractivity contribution in [2.75, 3.05) is 0 Å². The Morgan fingerprint density at radius 1 is 1.32 bits per heavy atom. The fourth-order valence-electron chi connectivity index (χ4n) is 1.78. The number of hydrogen-bond donors (Lipinski definition) is 0. The first kappa shape index (κ1) is 13.7. The minimum Gasteiger partial charge on any atom is -0.426 e. The largest absolute Gasteiger partial charge is 0.426 e. The first-order valence-corrected chi connectivity index (χ1v) is 6.42. The number of carbonyl (C=O) groups excluding carboxylic acids is 1. The molecule has 0 unspecified atom stereocenters. The van der Waals surface area contributed by atoms with Gasteiger partial charge in [0.2, 0.25) is 0 Å². The van der Waals surface area contributed by atoms with E-state index < -0.39 is 0 Å². The highest BCUT2D eigenvalue weighted by Crippen LogP contribution is 2.34. The molecule has 0 aliphatic carbocycles. The lowest BCUT2D eigenvalue weighted by Gasteiger charge is -2.13. The maximum atomic E-state index is 10.6. The molecule has 0 radical (unpaired) electrons. The molecule has 1 heterocycles. The summed E-state index contributed by atoms with van der Waals surface area (Å²) >= 11 is 6.20. The minimum atomic E-state index is 0.241. The highest BCUT2D eigenvalue weighted by Gasteiger charge is 2.12. The molecule has 0 atom stereocenters. The van der Waals surface area contributed by atoms with Crippen molar-refractivity contribution in [3.63, 3.8) is 0 Å². The fourth-order valence-corrected chi connectivity index (χ4v) is 2.22. The summed E-state index contributed by atoms with van der Waals surface area (Å²) in [6.07, 6.45) is 0.640. The van der Waals surface area contributed by atoms with Crippen LogP contribution in [-0.2, 0) is 0 Å². The zero-order valence-corrected chi connectivity index (χ0v) is 11.8. The molecule has 0 spiro atoms. The predicted molar refractivity (Wildman–Crippen MR) is 74.4 cm³/mol. The Balaban J connectivity index is 2.33. The standard InChI is InChI=1S/C15H15ClO3/c1-9(2)12-7-14(10(3)6-13(12)16)19-15-5-4-11(8-17)18-15/h4-9H,1-3H3. The molecule has 2 aromatic rings. The molecule has 2 rings (SSSR count). The molecular weight excluding hydrogens is 264 g/mol. The quantitative estimate of drug-likeness (QED) is 0.741. The maximum absolute atomic E-state index is 10.6. The average molecular weight is 279 g/mol. The van der Waals surface area contributed by atoms with E-state index in [9.17, 15) is 4.79 Å². The molecule has 0 bridgehead atoms. The summed E-state index contributed by atoms with van der Waals surface area (Å²) in [5, 5.41) is 0.730. The van der Waals surface area contributed by atoms with Crippen LogP contribution in [0, 0.1) is 6.92 Å². The van der Waals surface area contributed by atoms with E-state index in [1.165, 1.54) is 0 Å². The number of carbonyl (C=O) groups is 1. The van der Waals surface area contributed by atoms with Gasteiger partial charge in [0.15, 0.2) is 12.0 Å². The Labute approximate surface area is 117 Å². The van der Waals surface area contributed by atoms with E-state index in [0.29, 0.717) is 23.9 Å². The average Bonchev–Trinajstić information content (AvgIpc) is 2.80. The second-order valence-corrected chi connectivity index (χ2v) is 5.08. The molecule has 4 heteroatoms. The minimum absolute atomic E-state index is 0.241. The summed E-state index contributed by atoms with van der Waals surface area (Å²) in [7, 11) is 0. The molecule has 0 saturated carbocycles. The fraction of sp³-hybridized carbons (Fsp3) is 0.267. The third-order valence-corrected chi connectivity index (χ3v) is 3.17. The van der Waals surface area contributed by atoms with Gasteiger partial charge < -0.3 is 9.15 Å². The number of furan rings is 1. The smallest absolute Gasteiger partial charge is 0.290 e. The van der Waals surface area contributed by atoms with Gasteiger partial charge in [0, 0.05) is 11.1 Å². The summed E-state index contributed by atoms with van der Waals surface area (Å²) < 4.78 is 10.9. The van der Waals surface area contributed by atoms with Gasteiger partial charge in [0.25, 0.3) is 5.95 Å². The third kappa shape index (κ3) is 2.99. The normalized spacial score (nSPS) is 10.8. The SMILES string of the molecule is Cc1cc(Cl)c(C(C)C)cc1Oc1ccc(C=O)o1. The van der Waals surface area contributed by atoms with Gasteiger partial charge in [-0.3, -0.25) is 4.79 Å². The van der Waals surface area contributed by atoms with Gasteiger partial charge in [-0.2, -0.15) is 0 Å². The zero-order valence-electron chi connectivity index (χ0n) is 11.1. The van der Waals surface area contributed by atoms with Crippen LogP contribution in [0.25, 0.3) is 0 Å². The topological polar surface area (TPSA) is 39.4 Å². The summed E-state index contributed by atoms with van der Waals surface area (Å²) in [4.78, 5) is 10.6. The highest BCUT2D eigenvalue weighted by molar-refractivity contribution is 6.31. The lowest BCUT2D eigenvalue weighted by molar-refractivity contribution is 0.109. The zero-order chi connectivity index (χ0) is 14.0. The highest BCUT2D eigenvalue weighted by atomic mass is 35.5. The van der Waals surface area contributed by atoms with Crippen LogP contribution >= 0.6 is 11.6 Å². The van der Waals surface area contributed by atoms with Crippen molar-refractivity contribution in [1.82, 2.24) is 0 Å². The van der Waals surface area contributed by atoms with Crippen molar-refractivity contribution >= 4 is 17.9 Å². The molecule has 0 aliphatic heterocycles. The number of hydrogen-bond acceptors (Lipinski definition) is 3. The van der Waals surface area contributed by atoms with E-state index in [2.05, 4.69) is 13.8 Å². The van der Waals surface area contributed by atoms with Crippen LogP contribution in [0.5, 0.6) is 11.7 Å². The van der Waals surface area contributed by atoms with Crippen molar-refractivity contribution in [3.8, 4) is 11.7 Å². The second-order valence-electron chi connectivity index (χ2n) is 4.67. The molecule has 3 nitrogen and oxygen atoms in total. The van der Waals surface area contributed by atoms with Crippen LogP contribution in [-0.4, -0.2) is 6.29 Å². The number of halogens is 1.